The monoisotopic (exact) mass is 627 g/mol. The van der Waals surface area contributed by atoms with Crippen LogP contribution in [0.3, 0.4) is 0 Å². The summed E-state index contributed by atoms with van der Waals surface area (Å²) in [4.78, 5) is 58.5. The highest BCUT2D eigenvalue weighted by Crippen LogP contribution is 2.47. The molecule has 2 saturated carbocycles. The summed E-state index contributed by atoms with van der Waals surface area (Å²) in [6.45, 7) is 1.85. The van der Waals surface area contributed by atoms with Crippen LogP contribution in [-0.4, -0.2) is 77.5 Å². The first-order valence-electron chi connectivity index (χ1n) is 15.1. The van der Waals surface area contributed by atoms with Crippen molar-refractivity contribution in [2.24, 2.45) is 5.92 Å². The van der Waals surface area contributed by atoms with Crippen LogP contribution >= 0.6 is 0 Å². The molecule has 3 heterocycles. The molecule has 1 aromatic heterocycles. The Morgan fingerprint density at radius 3 is 2.75 bits per heavy atom. The molecule has 44 heavy (non-hydrogen) atoms. The van der Waals surface area contributed by atoms with E-state index in [9.17, 15) is 27.6 Å². The van der Waals surface area contributed by atoms with Crippen LogP contribution < -0.4 is 15.4 Å². The standard InChI is InChI=1S/C30H37N5O8S/c1-29(13-14-29)44(40,41)34-27(39)30-16-19(30)9-5-3-2-4-6-11-22(32-28-31-21-10-7-8-12-24(21)43-28)26(38)35-17-20(42-18-36)15-23(35)25(37)33-30/h5,7-10,12,18-20,22-23H,2-4,6,11,13-17H2,1H3,(H,31,32)(H,33,37)(H,34,39)/b9-5-/t19-,20-,22+,23+,30-/m1/s1. The molecule has 1 saturated heterocycles. The number of aromatic nitrogens is 1. The number of anilines is 1. The molecule has 0 bridgehead atoms. The minimum absolute atomic E-state index is 0.0172. The first kappa shape index (κ1) is 30.1. The number of nitrogens with one attached hydrogen (secondary N) is 3. The van der Waals surface area contributed by atoms with Crippen LogP contribution in [0.2, 0.25) is 0 Å². The normalized spacial score (nSPS) is 31.0. The summed E-state index contributed by atoms with van der Waals surface area (Å²) < 4.78 is 38.0. The molecular weight excluding hydrogens is 590 g/mol. The van der Waals surface area contributed by atoms with E-state index in [1.165, 1.54) is 4.90 Å². The Balaban J connectivity index is 1.28. The molecule has 4 aliphatic rings. The van der Waals surface area contributed by atoms with Crippen molar-refractivity contribution >= 4 is 51.3 Å². The Bertz CT molecular complexity index is 1570. The van der Waals surface area contributed by atoms with Crippen molar-refractivity contribution in [3.63, 3.8) is 0 Å². The summed E-state index contributed by atoms with van der Waals surface area (Å²) in [5, 5.41) is 5.93. The second-order valence-corrected chi connectivity index (χ2v) is 14.7. The molecule has 6 rings (SSSR count). The van der Waals surface area contributed by atoms with Gasteiger partial charge in [-0.3, -0.25) is 23.9 Å². The summed E-state index contributed by atoms with van der Waals surface area (Å²) in [6.07, 6.45) is 7.80. The van der Waals surface area contributed by atoms with Crippen molar-refractivity contribution in [3.05, 3.63) is 36.4 Å². The lowest BCUT2D eigenvalue weighted by Gasteiger charge is -2.29. The molecule has 2 aliphatic carbocycles. The highest BCUT2D eigenvalue weighted by atomic mass is 32.2. The third kappa shape index (κ3) is 5.78. The van der Waals surface area contributed by atoms with E-state index in [-0.39, 0.29) is 31.9 Å². The zero-order valence-electron chi connectivity index (χ0n) is 24.5. The van der Waals surface area contributed by atoms with Crippen molar-refractivity contribution in [1.29, 1.82) is 0 Å². The summed E-state index contributed by atoms with van der Waals surface area (Å²) in [5.41, 5.74) is -0.283. The molecule has 1 aromatic carbocycles. The van der Waals surface area contributed by atoms with E-state index in [1.807, 2.05) is 24.3 Å². The molecule has 2 aliphatic heterocycles. The van der Waals surface area contributed by atoms with Gasteiger partial charge in [-0.1, -0.05) is 37.1 Å². The molecule has 2 aromatic rings. The maximum atomic E-state index is 14.1. The van der Waals surface area contributed by atoms with E-state index in [2.05, 4.69) is 20.3 Å². The van der Waals surface area contributed by atoms with Gasteiger partial charge in [-0.15, -0.1) is 0 Å². The number of carbonyl (C=O) groups excluding carboxylic acids is 4. The maximum Gasteiger partial charge on any atom is 0.296 e. The van der Waals surface area contributed by atoms with Gasteiger partial charge in [-0.05, 0) is 57.6 Å². The van der Waals surface area contributed by atoms with Crippen molar-refractivity contribution in [1.82, 2.24) is 19.9 Å². The molecule has 0 radical (unpaired) electrons. The number of nitrogens with zero attached hydrogens (tertiary/aromatic N) is 2. The highest BCUT2D eigenvalue weighted by molar-refractivity contribution is 7.91. The van der Waals surface area contributed by atoms with E-state index in [0.717, 1.165) is 19.3 Å². The third-order valence-electron chi connectivity index (χ3n) is 9.31. The first-order valence-corrected chi connectivity index (χ1v) is 16.6. The Kier molecular flexibility index (Phi) is 7.89. The Labute approximate surface area is 255 Å². The van der Waals surface area contributed by atoms with Crippen molar-refractivity contribution in [2.45, 2.75) is 93.2 Å². The van der Waals surface area contributed by atoms with Crippen LogP contribution in [0.15, 0.2) is 40.8 Å². The van der Waals surface area contributed by atoms with Crippen molar-refractivity contribution in [2.75, 3.05) is 11.9 Å². The second kappa shape index (κ2) is 11.5. The van der Waals surface area contributed by atoms with Gasteiger partial charge in [0, 0.05) is 12.3 Å². The van der Waals surface area contributed by atoms with Gasteiger partial charge >= 0.3 is 0 Å². The average molecular weight is 628 g/mol. The Hall–Kier alpha value is -3.94. The lowest BCUT2D eigenvalue weighted by atomic mass is 10.0. The van der Waals surface area contributed by atoms with Gasteiger partial charge in [0.1, 0.15) is 29.2 Å². The molecule has 236 valence electrons. The topological polar surface area (TPSA) is 177 Å². The first-order chi connectivity index (χ1) is 21.0. The number of carbonyl (C=O) groups is 4. The number of fused-ring (bicyclic) bond motifs is 3. The molecule has 0 spiro atoms. The molecule has 14 heteroatoms. The fraction of sp³-hybridized carbons (Fsp3) is 0.567. The van der Waals surface area contributed by atoms with Crippen LogP contribution in [0, 0.1) is 5.92 Å². The molecule has 0 unspecified atom stereocenters. The minimum Gasteiger partial charge on any atom is -0.463 e. The van der Waals surface area contributed by atoms with Gasteiger partial charge in [-0.2, -0.15) is 4.98 Å². The average Bonchev–Trinajstić information content (AvgIpc) is 3.79. The van der Waals surface area contributed by atoms with E-state index >= 15 is 0 Å². The van der Waals surface area contributed by atoms with Gasteiger partial charge in [-0.25, -0.2) is 8.42 Å². The van der Waals surface area contributed by atoms with Gasteiger partial charge < -0.3 is 24.7 Å². The van der Waals surface area contributed by atoms with Crippen LogP contribution in [0.1, 0.15) is 64.7 Å². The number of hydrogen-bond donors (Lipinski definition) is 3. The van der Waals surface area contributed by atoms with Gasteiger partial charge in [0.2, 0.25) is 21.8 Å². The number of hydrogen-bond acceptors (Lipinski definition) is 10. The van der Waals surface area contributed by atoms with E-state index in [0.29, 0.717) is 36.8 Å². The van der Waals surface area contributed by atoms with Gasteiger partial charge in [0.15, 0.2) is 5.58 Å². The molecule has 5 atom stereocenters. The van der Waals surface area contributed by atoms with Crippen molar-refractivity contribution < 1.29 is 36.7 Å². The quantitative estimate of drug-likeness (QED) is 0.304. The van der Waals surface area contributed by atoms with Gasteiger partial charge in [0.25, 0.3) is 18.4 Å². The van der Waals surface area contributed by atoms with Crippen LogP contribution in [-0.2, 0) is 33.9 Å². The number of sulfonamides is 1. The summed E-state index contributed by atoms with van der Waals surface area (Å²) in [7, 11) is -3.94. The largest absolute Gasteiger partial charge is 0.463 e. The number of amides is 3. The zero-order valence-corrected chi connectivity index (χ0v) is 25.3. The SMILES string of the molecule is CC1(S(=O)(=O)NC(=O)[C@@]23C[C@H]2/C=C\CCCCC[C@H](Nc2nc4ccccc4o2)C(=O)N2C[C@H](OC=O)C[C@H]2C(=O)N3)CC1. The van der Waals surface area contributed by atoms with Crippen molar-refractivity contribution in [3.8, 4) is 0 Å². The smallest absolute Gasteiger partial charge is 0.296 e. The Morgan fingerprint density at radius 2 is 2.00 bits per heavy atom. The third-order valence-corrected chi connectivity index (χ3v) is 11.5. The maximum absolute atomic E-state index is 14.1. The molecule has 13 nitrogen and oxygen atoms in total. The fourth-order valence-electron chi connectivity index (χ4n) is 6.12. The summed E-state index contributed by atoms with van der Waals surface area (Å²) in [5.74, 6) is -2.20. The predicted molar refractivity (Wildman–Crippen MR) is 158 cm³/mol. The summed E-state index contributed by atoms with van der Waals surface area (Å²) in [6, 6.07) is 5.55. The van der Waals surface area contributed by atoms with Crippen LogP contribution in [0.4, 0.5) is 6.01 Å². The Morgan fingerprint density at radius 1 is 1.20 bits per heavy atom. The second-order valence-electron chi connectivity index (χ2n) is 12.5. The molecule has 3 N–H and O–H groups in total. The number of allylic oxidation sites excluding steroid dienone is 1. The predicted octanol–water partition coefficient (Wildman–Crippen LogP) is 2.14. The number of oxazole rings is 1. The minimum atomic E-state index is -3.94. The number of benzene rings is 1. The van der Waals surface area contributed by atoms with Crippen LogP contribution in [0.25, 0.3) is 11.1 Å². The lowest BCUT2D eigenvalue weighted by molar-refractivity contribution is -0.140. The molecular formula is C30H37N5O8S. The number of para-hydroxylation sites is 2. The zero-order chi connectivity index (χ0) is 31.1. The summed E-state index contributed by atoms with van der Waals surface area (Å²) >= 11 is 0. The van der Waals surface area contributed by atoms with E-state index < -0.39 is 62.1 Å². The molecule has 3 fully saturated rings. The fourth-order valence-corrected chi connectivity index (χ4v) is 7.43. The molecule has 3 amide bonds. The lowest BCUT2D eigenvalue weighted by Crippen LogP contribution is -2.58. The number of ether oxygens (including phenoxy) is 1. The van der Waals surface area contributed by atoms with Crippen LogP contribution in [0.5, 0.6) is 0 Å². The van der Waals surface area contributed by atoms with Gasteiger partial charge in [0.05, 0.1) is 11.3 Å². The number of rotatable bonds is 7. The van der Waals surface area contributed by atoms with E-state index in [1.54, 1.807) is 19.1 Å². The van der Waals surface area contributed by atoms with E-state index in [4.69, 9.17) is 9.15 Å². The highest BCUT2D eigenvalue weighted by Gasteiger charge is 2.63.